The average molecular weight is 634 g/mol. The molecule has 0 radical (unpaired) electrons. The molecule has 4 rings (SSSR count). The number of amides is 1. The molecule has 1 heterocycles. The summed E-state index contributed by atoms with van der Waals surface area (Å²) in [5, 5.41) is 15.9. The Morgan fingerprint density at radius 1 is 1.10 bits per heavy atom. The number of halogens is 6. The molecule has 0 aliphatic heterocycles. The maximum atomic E-state index is 16.3. The first-order valence-electron chi connectivity index (χ1n) is 13.9. The Bertz CT molecular complexity index is 1340. The predicted molar refractivity (Wildman–Crippen MR) is 149 cm³/mol. The molecule has 1 aromatic heterocycles. The highest BCUT2D eigenvalue weighted by atomic mass is 35.5. The highest BCUT2D eigenvalue weighted by Gasteiger charge is 2.47. The molecular weight excluding hydrogens is 601 g/mol. The smallest absolute Gasteiger partial charge is 0.433 e. The van der Waals surface area contributed by atoms with Crippen molar-refractivity contribution in [3.63, 3.8) is 0 Å². The van der Waals surface area contributed by atoms with E-state index >= 15 is 4.39 Å². The summed E-state index contributed by atoms with van der Waals surface area (Å²) in [6.07, 6.45) is -2.43. The highest BCUT2D eigenvalue weighted by Crippen LogP contribution is 2.44. The number of carbonyl (C=O) groups excluding carboxylic acids is 2. The van der Waals surface area contributed by atoms with E-state index in [0.717, 1.165) is 17.3 Å². The number of nitrogens with one attached hydrogen (secondary N) is 1. The summed E-state index contributed by atoms with van der Waals surface area (Å²) in [6.45, 7) is 3.28. The Balaban J connectivity index is 1.64. The third kappa shape index (κ3) is 6.61. The third-order valence-electron chi connectivity index (χ3n) is 8.70. The normalized spacial score (nSPS) is 23.3. The molecule has 2 aliphatic rings. The zero-order chi connectivity index (χ0) is 31.0. The fourth-order valence-corrected chi connectivity index (χ4v) is 6.93. The number of Topliss-reactive ketones (excluding diaryl/α,β-unsaturated/α-hetero) is 1. The Kier molecular flexibility index (Phi) is 9.33. The van der Waals surface area contributed by atoms with Gasteiger partial charge in [-0.15, -0.1) is 0 Å². The van der Waals surface area contributed by atoms with Crippen molar-refractivity contribution < 1.29 is 37.1 Å². The maximum Gasteiger partial charge on any atom is 0.433 e. The molecular formula is C29H33Cl2F4N3O4. The van der Waals surface area contributed by atoms with Crippen LogP contribution in [0.25, 0.3) is 0 Å². The molecule has 1 unspecified atom stereocenters. The Labute approximate surface area is 250 Å². The monoisotopic (exact) mass is 633 g/mol. The van der Waals surface area contributed by atoms with Crippen LogP contribution < -0.4 is 5.32 Å². The lowest BCUT2D eigenvalue weighted by Gasteiger charge is -2.37. The lowest BCUT2D eigenvalue weighted by atomic mass is 9.74. The number of hydrogen-bond acceptors (Lipinski definition) is 4. The van der Waals surface area contributed by atoms with Gasteiger partial charge < -0.3 is 10.4 Å². The lowest BCUT2D eigenvalue weighted by Crippen LogP contribution is -2.52. The molecule has 2 fully saturated rings. The van der Waals surface area contributed by atoms with Gasteiger partial charge in [0.2, 0.25) is 0 Å². The van der Waals surface area contributed by atoms with Crippen molar-refractivity contribution in [3.8, 4) is 0 Å². The van der Waals surface area contributed by atoms with Gasteiger partial charge in [0.25, 0.3) is 5.91 Å². The van der Waals surface area contributed by atoms with Crippen LogP contribution in [-0.4, -0.2) is 44.3 Å². The Hall–Kier alpha value is -2.66. The standard InChI is InChI=1S/C29H33Cl2F4N3O4/c1-16-12-19(30)23(20(31)13-16)21(39)14-22(28(32)8-4-3-5-9-28)37-25(40)18-15-36-38(24(18)29(33,34)35)17-6-10-27(2,11-7-17)26(41)42/h12-13,15,17,22H,3-11,14H2,1-2H3,(H,37,40)(H,41,42). The van der Waals surface area contributed by atoms with Gasteiger partial charge in [-0.25, -0.2) is 4.39 Å². The predicted octanol–water partition coefficient (Wildman–Crippen LogP) is 7.77. The quantitative estimate of drug-likeness (QED) is 0.228. The van der Waals surface area contributed by atoms with Crippen molar-refractivity contribution in [1.29, 1.82) is 0 Å². The molecule has 1 aromatic carbocycles. The molecule has 13 heteroatoms. The molecule has 1 amide bonds. The third-order valence-corrected chi connectivity index (χ3v) is 9.30. The number of alkyl halides is 4. The topological polar surface area (TPSA) is 101 Å². The van der Waals surface area contributed by atoms with Crippen molar-refractivity contribution in [1.82, 2.24) is 15.1 Å². The summed E-state index contributed by atoms with van der Waals surface area (Å²) >= 11 is 12.5. The van der Waals surface area contributed by atoms with Gasteiger partial charge in [0, 0.05) is 6.42 Å². The van der Waals surface area contributed by atoms with Crippen LogP contribution in [0.15, 0.2) is 18.3 Å². The summed E-state index contributed by atoms with van der Waals surface area (Å²) < 4.78 is 60.1. The van der Waals surface area contributed by atoms with E-state index in [-0.39, 0.29) is 54.1 Å². The number of rotatable bonds is 8. The van der Waals surface area contributed by atoms with Crippen LogP contribution in [0, 0.1) is 12.3 Å². The first-order chi connectivity index (χ1) is 19.6. The summed E-state index contributed by atoms with van der Waals surface area (Å²) in [4.78, 5) is 38.3. The van der Waals surface area contributed by atoms with Gasteiger partial charge in [0.15, 0.2) is 11.5 Å². The van der Waals surface area contributed by atoms with Crippen molar-refractivity contribution >= 4 is 40.9 Å². The van der Waals surface area contributed by atoms with Crippen molar-refractivity contribution in [2.24, 2.45) is 5.41 Å². The van der Waals surface area contributed by atoms with E-state index in [1.165, 1.54) is 12.1 Å². The van der Waals surface area contributed by atoms with Gasteiger partial charge in [0.1, 0.15) is 5.67 Å². The highest BCUT2D eigenvalue weighted by molar-refractivity contribution is 6.40. The fourth-order valence-electron chi connectivity index (χ4n) is 6.13. The van der Waals surface area contributed by atoms with E-state index in [1.807, 2.05) is 0 Å². The maximum absolute atomic E-state index is 16.3. The summed E-state index contributed by atoms with van der Waals surface area (Å²) in [5.41, 5.74) is -4.53. The van der Waals surface area contributed by atoms with Crippen LogP contribution in [0.1, 0.15) is 109 Å². The first-order valence-corrected chi connectivity index (χ1v) is 14.7. The molecule has 2 saturated carbocycles. The van der Waals surface area contributed by atoms with E-state index in [2.05, 4.69) is 10.4 Å². The minimum absolute atomic E-state index is 0.0242. The molecule has 0 spiro atoms. The number of carbonyl (C=O) groups is 3. The molecule has 0 bridgehead atoms. The Morgan fingerprint density at radius 2 is 1.67 bits per heavy atom. The second-order valence-corrected chi connectivity index (χ2v) is 12.6. The van der Waals surface area contributed by atoms with Gasteiger partial charge in [-0.3, -0.25) is 19.1 Å². The van der Waals surface area contributed by atoms with Crippen LogP contribution in [0.3, 0.4) is 0 Å². The number of nitrogens with zero attached hydrogens (tertiary/aromatic N) is 2. The second-order valence-electron chi connectivity index (χ2n) is 11.8. The Morgan fingerprint density at radius 3 is 2.19 bits per heavy atom. The fraction of sp³-hybridized carbons (Fsp3) is 0.586. The van der Waals surface area contributed by atoms with Crippen LogP contribution in [0.5, 0.6) is 0 Å². The number of hydrogen-bond donors (Lipinski definition) is 2. The number of aryl methyl sites for hydroxylation is 1. The number of carboxylic acid groups (broad SMARTS) is 1. The molecule has 0 saturated heterocycles. The van der Waals surface area contributed by atoms with Crippen LogP contribution in [-0.2, 0) is 11.0 Å². The molecule has 42 heavy (non-hydrogen) atoms. The van der Waals surface area contributed by atoms with Gasteiger partial charge in [-0.2, -0.15) is 18.3 Å². The van der Waals surface area contributed by atoms with Crippen LogP contribution >= 0.6 is 23.2 Å². The van der Waals surface area contributed by atoms with E-state index in [1.54, 1.807) is 13.8 Å². The van der Waals surface area contributed by atoms with E-state index < -0.39 is 64.7 Å². The minimum atomic E-state index is -4.98. The molecule has 2 aliphatic carbocycles. The van der Waals surface area contributed by atoms with E-state index in [0.29, 0.717) is 18.4 Å². The van der Waals surface area contributed by atoms with E-state index in [9.17, 15) is 32.7 Å². The number of benzene rings is 1. The molecule has 230 valence electrons. The molecule has 7 nitrogen and oxygen atoms in total. The number of carboxylic acids is 1. The minimum Gasteiger partial charge on any atom is -0.481 e. The van der Waals surface area contributed by atoms with Crippen molar-refractivity contribution in [3.05, 3.63) is 50.8 Å². The van der Waals surface area contributed by atoms with Gasteiger partial charge in [0.05, 0.1) is 44.9 Å². The second kappa shape index (κ2) is 12.1. The number of aromatic nitrogens is 2. The number of ketones is 1. The molecule has 2 aromatic rings. The average Bonchev–Trinajstić information content (AvgIpc) is 3.35. The van der Waals surface area contributed by atoms with Crippen molar-refractivity contribution in [2.45, 2.75) is 102 Å². The largest absolute Gasteiger partial charge is 0.481 e. The van der Waals surface area contributed by atoms with Gasteiger partial charge >= 0.3 is 12.1 Å². The van der Waals surface area contributed by atoms with E-state index in [4.69, 9.17) is 23.2 Å². The zero-order valence-corrected chi connectivity index (χ0v) is 24.8. The lowest BCUT2D eigenvalue weighted by molar-refractivity contribution is -0.152. The summed E-state index contributed by atoms with van der Waals surface area (Å²) in [6, 6.07) is 0.828. The van der Waals surface area contributed by atoms with Crippen LogP contribution in [0.2, 0.25) is 10.0 Å². The van der Waals surface area contributed by atoms with Gasteiger partial charge in [-0.05, 0) is 70.1 Å². The van der Waals surface area contributed by atoms with Crippen LogP contribution in [0.4, 0.5) is 17.6 Å². The zero-order valence-electron chi connectivity index (χ0n) is 23.3. The SMILES string of the molecule is Cc1cc(Cl)c(C(=O)CC(NC(=O)c2cnn(C3CCC(C)(C(=O)O)CC3)c2C(F)(F)F)C2(F)CCCCC2)c(Cl)c1. The summed E-state index contributed by atoms with van der Waals surface area (Å²) in [5.74, 6) is -2.87. The summed E-state index contributed by atoms with van der Waals surface area (Å²) in [7, 11) is 0. The van der Waals surface area contributed by atoms with Gasteiger partial charge in [-0.1, -0.05) is 42.5 Å². The first kappa shape index (κ1) is 32.3. The molecule has 2 N–H and O–H groups in total. The van der Waals surface area contributed by atoms with Crippen molar-refractivity contribution in [2.75, 3.05) is 0 Å². The molecule has 1 atom stereocenters. The number of aliphatic carboxylic acids is 1.